The van der Waals surface area contributed by atoms with Crippen molar-refractivity contribution in [3.8, 4) is 0 Å². The van der Waals surface area contributed by atoms with E-state index in [2.05, 4.69) is 81.1 Å². The Morgan fingerprint density at radius 1 is 0.895 bits per heavy atom. The van der Waals surface area contributed by atoms with Gasteiger partial charge in [-0.2, -0.15) is 0 Å². The van der Waals surface area contributed by atoms with E-state index in [4.69, 9.17) is 7.85 Å². The molecule has 0 saturated carbocycles. The van der Waals surface area contributed by atoms with E-state index in [1.165, 1.54) is 0 Å². The van der Waals surface area contributed by atoms with E-state index < -0.39 is 0 Å². The molecule has 0 aliphatic rings. The number of hydrogen-bond donors (Lipinski definition) is 0. The van der Waals surface area contributed by atoms with E-state index in [1.807, 2.05) is 74.6 Å². The van der Waals surface area contributed by atoms with Crippen molar-refractivity contribution < 1.29 is 0 Å². The average molecular weight is 498 g/mol. The maximum absolute atomic E-state index is 6.95. The molecule has 0 aliphatic carbocycles. The van der Waals surface area contributed by atoms with Crippen molar-refractivity contribution in [2.75, 3.05) is 4.90 Å². The van der Waals surface area contributed by atoms with E-state index in [0.717, 1.165) is 45.8 Å². The lowest BCUT2D eigenvalue weighted by atomic mass is 9.83. The number of nitrogens with zero attached hydrogens (tertiary/aromatic N) is 1. The summed E-state index contributed by atoms with van der Waals surface area (Å²) >= 11 is 0. The summed E-state index contributed by atoms with van der Waals surface area (Å²) in [5.41, 5.74) is 10.4. The Hall–Kier alpha value is -4.26. The molecule has 0 bridgehead atoms. The van der Waals surface area contributed by atoms with Gasteiger partial charge in [0.1, 0.15) is 7.85 Å². The molecular formula is C36H40BN. The van der Waals surface area contributed by atoms with Gasteiger partial charge in [0.05, 0.1) is 0 Å². The van der Waals surface area contributed by atoms with Gasteiger partial charge in [-0.1, -0.05) is 124 Å². The Balaban J connectivity index is 4.03. The van der Waals surface area contributed by atoms with Crippen molar-refractivity contribution in [1.82, 2.24) is 0 Å². The summed E-state index contributed by atoms with van der Waals surface area (Å²) in [6.45, 7) is 23.5. The van der Waals surface area contributed by atoms with Gasteiger partial charge in [-0.05, 0) is 68.2 Å². The largest absolute Gasteiger partial charge is 0.315 e. The van der Waals surface area contributed by atoms with Crippen LogP contribution in [-0.4, -0.2) is 7.85 Å². The number of allylic oxidation sites excluding steroid dienone is 19. The predicted octanol–water partition coefficient (Wildman–Crippen LogP) is 10.0. The number of benzene rings is 1. The first-order chi connectivity index (χ1) is 18.4. The summed E-state index contributed by atoms with van der Waals surface area (Å²) in [5.74, 6) is 0. The van der Waals surface area contributed by atoms with Crippen LogP contribution in [0.2, 0.25) is 0 Å². The Bertz CT molecular complexity index is 1260. The normalized spacial score (nSPS) is 13.7. The fourth-order valence-corrected chi connectivity index (χ4v) is 3.70. The van der Waals surface area contributed by atoms with E-state index in [0.29, 0.717) is 5.47 Å². The molecule has 0 unspecified atom stereocenters. The van der Waals surface area contributed by atoms with Crippen LogP contribution in [0.25, 0.3) is 5.57 Å². The van der Waals surface area contributed by atoms with Crippen LogP contribution >= 0.6 is 0 Å². The van der Waals surface area contributed by atoms with Gasteiger partial charge in [-0.25, -0.2) is 0 Å². The van der Waals surface area contributed by atoms with E-state index >= 15 is 0 Å². The Morgan fingerprint density at radius 3 is 2.08 bits per heavy atom. The highest BCUT2D eigenvalue weighted by molar-refractivity contribution is 6.25. The highest BCUT2D eigenvalue weighted by atomic mass is 15.1. The van der Waals surface area contributed by atoms with Gasteiger partial charge in [0.25, 0.3) is 0 Å². The van der Waals surface area contributed by atoms with Gasteiger partial charge in [0.2, 0.25) is 0 Å². The maximum Gasteiger partial charge on any atom is 0.117 e. The van der Waals surface area contributed by atoms with Crippen molar-refractivity contribution in [3.05, 3.63) is 175 Å². The van der Waals surface area contributed by atoms with Crippen LogP contribution in [0.5, 0.6) is 0 Å². The summed E-state index contributed by atoms with van der Waals surface area (Å²) in [5, 5.41) is 0. The molecule has 0 heterocycles. The third kappa shape index (κ3) is 9.66. The topological polar surface area (TPSA) is 3.24 Å². The molecule has 0 spiro atoms. The molecule has 192 valence electrons. The molecule has 1 nitrogen and oxygen atoms in total. The van der Waals surface area contributed by atoms with Crippen LogP contribution in [0.4, 0.5) is 5.69 Å². The smallest absolute Gasteiger partial charge is 0.117 e. The van der Waals surface area contributed by atoms with Crippen LogP contribution in [0, 0.1) is 0 Å². The molecule has 0 aliphatic heterocycles. The van der Waals surface area contributed by atoms with Gasteiger partial charge in [-0.15, -0.1) is 5.73 Å². The molecule has 0 fully saturated rings. The maximum atomic E-state index is 6.95. The average Bonchev–Trinajstić information content (AvgIpc) is 2.93. The quantitative estimate of drug-likeness (QED) is 0.140. The fourth-order valence-electron chi connectivity index (χ4n) is 3.70. The van der Waals surface area contributed by atoms with Crippen molar-refractivity contribution in [2.24, 2.45) is 0 Å². The monoisotopic (exact) mass is 497 g/mol. The molecule has 0 aromatic heterocycles. The predicted molar refractivity (Wildman–Crippen MR) is 173 cm³/mol. The summed E-state index contributed by atoms with van der Waals surface area (Å²) in [4.78, 5) is 2.14. The molecule has 0 saturated heterocycles. The first-order valence-electron chi connectivity index (χ1n) is 12.8. The van der Waals surface area contributed by atoms with Gasteiger partial charge < -0.3 is 4.90 Å². The SMILES string of the molecule is [B]C(/C(/C=C\C)=C/C(=C/C=C)CC)=C(/C=C\C=C)N(/C(C)=C/C=C\C=C)c1ccc(C(=C=C)/C=C\C)cc1. The molecule has 2 radical (unpaired) electrons. The zero-order valence-corrected chi connectivity index (χ0v) is 23.5. The van der Waals surface area contributed by atoms with Crippen molar-refractivity contribution in [2.45, 2.75) is 34.1 Å². The second-order valence-corrected chi connectivity index (χ2v) is 8.23. The summed E-state index contributed by atoms with van der Waals surface area (Å²) in [7, 11) is 6.95. The molecule has 38 heavy (non-hydrogen) atoms. The first kappa shape index (κ1) is 31.8. The Kier molecular flexibility index (Phi) is 15.1. The lowest BCUT2D eigenvalue weighted by Gasteiger charge is -2.29. The van der Waals surface area contributed by atoms with Gasteiger partial charge >= 0.3 is 0 Å². The molecule has 0 N–H and O–H groups in total. The van der Waals surface area contributed by atoms with Gasteiger partial charge in [0.15, 0.2) is 0 Å². The summed E-state index contributed by atoms with van der Waals surface area (Å²) < 4.78 is 0. The number of hydrogen-bond acceptors (Lipinski definition) is 1. The molecule has 1 aromatic carbocycles. The highest BCUT2D eigenvalue weighted by Crippen LogP contribution is 2.31. The van der Waals surface area contributed by atoms with Crippen LogP contribution in [-0.2, 0) is 0 Å². The van der Waals surface area contributed by atoms with Crippen molar-refractivity contribution in [1.29, 1.82) is 0 Å². The Morgan fingerprint density at radius 2 is 1.55 bits per heavy atom. The highest BCUT2D eigenvalue weighted by Gasteiger charge is 2.16. The second-order valence-electron chi connectivity index (χ2n) is 8.23. The van der Waals surface area contributed by atoms with E-state index in [1.54, 1.807) is 18.2 Å². The third-order valence-electron chi connectivity index (χ3n) is 5.54. The van der Waals surface area contributed by atoms with Gasteiger partial charge in [0, 0.05) is 22.7 Å². The molecule has 0 amide bonds. The minimum absolute atomic E-state index is 0.634. The van der Waals surface area contributed by atoms with E-state index in [-0.39, 0.29) is 0 Å². The molecule has 1 rings (SSSR count). The minimum atomic E-state index is 0.634. The molecule has 0 atom stereocenters. The van der Waals surface area contributed by atoms with Crippen LogP contribution in [0.1, 0.15) is 39.7 Å². The molecule has 2 heteroatoms. The first-order valence-corrected chi connectivity index (χ1v) is 12.8. The standard InChI is InChI=1S/C36H40BN/c1-9-16-18-22-29(8)38(34-26-24-32(25-27-34)31(15-7)20-12-4)35(23-17-10-2)36(37)33(21-13-5)28-30(14-6)19-11-3/h9-13,16-28H,1-3,7,14H2,4-6,8H3/b18-16-,20-12-,21-13-,23-17-,29-22+,30-19+,33-28+,36-35-. The summed E-state index contributed by atoms with van der Waals surface area (Å²) in [6, 6.07) is 8.29. The van der Waals surface area contributed by atoms with Crippen molar-refractivity contribution >= 4 is 19.1 Å². The van der Waals surface area contributed by atoms with Crippen molar-refractivity contribution in [3.63, 3.8) is 0 Å². The van der Waals surface area contributed by atoms with Crippen LogP contribution in [0.15, 0.2) is 169 Å². The zero-order chi connectivity index (χ0) is 28.3. The van der Waals surface area contributed by atoms with Crippen LogP contribution < -0.4 is 4.90 Å². The van der Waals surface area contributed by atoms with Gasteiger partial charge in [-0.3, -0.25) is 0 Å². The third-order valence-corrected chi connectivity index (χ3v) is 5.54. The summed E-state index contributed by atoms with van der Waals surface area (Å²) in [6.07, 6.45) is 28.0. The number of anilines is 1. The molecular weight excluding hydrogens is 457 g/mol. The molecule has 1 aromatic rings. The van der Waals surface area contributed by atoms with Crippen LogP contribution in [0.3, 0.4) is 0 Å². The Labute approximate surface area is 232 Å². The minimum Gasteiger partial charge on any atom is -0.315 e. The second kappa shape index (κ2) is 18.1. The number of rotatable bonds is 14. The lowest BCUT2D eigenvalue weighted by Crippen LogP contribution is -2.21. The van der Waals surface area contributed by atoms with E-state index in [9.17, 15) is 0 Å². The lowest BCUT2D eigenvalue weighted by molar-refractivity contribution is 1.09. The zero-order valence-electron chi connectivity index (χ0n) is 23.5. The fraction of sp³-hybridized carbons (Fsp3) is 0.139.